The molecule has 8 heteroatoms. The molecule has 23 heavy (non-hydrogen) atoms. The van der Waals surface area contributed by atoms with Gasteiger partial charge in [0.05, 0.1) is 13.5 Å². The fraction of sp³-hybridized carbons (Fsp3) is 0.867. The lowest BCUT2D eigenvalue weighted by atomic mass is 10.1. The summed E-state index contributed by atoms with van der Waals surface area (Å²) in [6.07, 6.45) is -0.180. The summed E-state index contributed by atoms with van der Waals surface area (Å²) in [5.41, 5.74) is 1.86. The van der Waals surface area contributed by atoms with Crippen molar-refractivity contribution in [3.8, 4) is 0 Å². The highest BCUT2D eigenvalue weighted by Crippen LogP contribution is 2.10. The van der Waals surface area contributed by atoms with E-state index in [1.165, 1.54) is 7.11 Å². The summed E-state index contributed by atoms with van der Waals surface area (Å²) < 4.78 is 15.2. The van der Waals surface area contributed by atoms with Crippen LogP contribution in [0.25, 0.3) is 0 Å². The molecule has 0 aliphatic rings. The second kappa shape index (κ2) is 10.0. The largest absolute Gasteiger partial charge is 0.469 e. The summed E-state index contributed by atoms with van der Waals surface area (Å²) in [7, 11) is 0.112. The van der Waals surface area contributed by atoms with E-state index in [0.29, 0.717) is 6.61 Å². The number of nitrogens with one attached hydrogen (secondary N) is 1. The standard InChI is InChI=1S/C15H31NO6Si/c1-15(2,3)22-14(18)12(10-13(17)19-4)16-21-11-20-8-9-23(5,6)7/h12,16H,8-11H2,1-7H3/t12-/m1/s1. The maximum Gasteiger partial charge on any atom is 0.326 e. The van der Waals surface area contributed by atoms with Gasteiger partial charge in [0.25, 0.3) is 0 Å². The maximum atomic E-state index is 12.1. The molecule has 0 aliphatic carbocycles. The molecule has 1 N–H and O–H groups in total. The zero-order valence-electron chi connectivity index (χ0n) is 15.4. The highest BCUT2D eigenvalue weighted by Gasteiger charge is 2.28. The molecule has 0 fully saturated rings. The number of ether oxygens (including phenoxy) is 3. The lowest BCUT2D eigenvalue weighted by Crippen LogP contribution is -2.43. The van der Waals surface area contributed by atoms with Crippen molar-refractivity contribution in [2.45, 2.75) is 64.5 Å². The van der Waals surface area contributed by atoms with Crippen molar-refractivity contribution in [2.24, 2.45) is 0 Å². The first-order valence-electron chi connectivity index (χ1n) is 7.69. The van der Waals surface area contributed by atoms with E-state index >= 15 is 0 Å². The summed E-state index contributed by atoms with van der Waals surface area (Å²) in [5.74, 6) is -1.11. The predicted molar refractivity (Wildman–Crippen MR) is 89.5 cm³/mol. The molecule has 0 spiro atoms. The predicted octanol–water partition coefficient (Wildman–Crippen LogP) is 2.09. The third-order valence-electron chi connectivity index (χ3n) is 2.65. The summed E-state index contributed by atoms with van der Waals surface area (Å²) >= 11 is 0. The van der Waals surface area contributed by atoms with Gasteiger partial charge in [0.2, 0.25) is 0 Å². The van der Waals surface area contributed by atoms with Gasteiger partial charge in [0, 0.05) is 14.7 Å². The van der Waals surface area contributed by atoms with E-state index in [1.807, 2.05) is 0 Å². The van der Waals surface area contributed by atoms with Crippen LogP contribution in [0.2, 0.25) is 25.7 Å². The average Bonchev–Trinajstić information content (AvgIpc) is 2.37. The Morgan fingerprint density at radius 1 is 1.17 bits per heavy atom. The molecule has 0 heterocycles. The van der Waals surface area contributed by atoms with Crippen LogP contribution in [0.4, 0.5) is 0 Å². The molecule has 0 radical (unpaired) electrons. The molecule has 0 bridgehead atoms. The normalized spacial score (nSPS) is 13.5. The number of hydroxylamine groups is 1. The van der Waals surface area contributed by atoms with Gasteiger partial charge in [-0.3, -0.25) is 14.4 Å². The zero-order chi connectivity index (χ0) is 18.1. The minimum atomic E-state index is -1.15. The number of hydrogen-bond acceptors (Lipinski definition) is 7. The van der Waals surface area contributed by atoms with Gasteiger partial charge in [-0.25, -0.2) is 0 Å². The van der Waals surface area contributed by atoms with E-state index in [1.54, 1.807) is 20.8 Å². The van der Waals surface area contributed by atoms with Crippen molar-refractivity contribution in [3.63, 3.8) is 0 Å². The SMILES string of the molecule is COC(=O)C[C@@H](NOCOCC[Si](C)(C)C)C(=O)OC(C)(C)C. The number of esters is 2. The minimum Gasteiger partial charge on any atom is -0.469 e. The molecule has 136 valence electrons. The Labute approximate surface area is 140 Å². The van der Waals surface area contributed by atoms with Crippen molar-refractivity contribution < 1.29 is 28.6 Å². The summed E-state index contributed by atoms with van der Waals surface area (Å²) in [6, 6.07) is 0.0795. The Morgan fingerprint density at radius 3 is 2.26 bits per heavy atom. The lowest BCUT2D eigenvalue weighted by molar-refractivity contribution is -0.171. The van der Waals surface area contributed by atoms with E-state index < -0.39 is 31.7 Å². The van der Waals surface area contributed by atoms with Gasteiger partial charge in [0.1, 0.15) is 11.6 Å². The van der Waals surface area contributed by atoms with Crippen LogP contribution in [0.1, 0.15) is 27.2 Å². The lowest BCUT2D eigenvalue weighted by Gasteiger charge is -2.24. The van der Waals surface area contributed by atoms with Crippen LogP contribution in [0.5, 0.6) is 0 Å². The summed E-state index contributed by atoms with van der Waals surface area (Å²) in [4.78, 5) is 28.6. The summed E-state index contributed by atoms with van der Waals surface area (Å²) in [6.45, 7) is 12.6. The number of carbonyl (C=O) groups excluding carboxylic acids is 2. The van der Waals surface area contributed by atoms with Crippen LogP contribution in [0.15, 0.2) is 0 Å². The van der Waals surface area contributed by atoms with Gasteiger partial charge < -0.3 is 14.2 Å². The van der Waals surface area contributed by atoms with Crippen molar-refractivity contribution in [2.75, 3.05) is 20.5 Å². The maximum absolute atomic E-state index is 12.1. The molecule has 0 rings (SSSR count). The number of methoxy groups -OCH3 is 1. The van der Waals surface area contributed by atoms with Crippen LogP contribution in [-0.2, 0) is 28.6 Å². The van der Waals surface area contributed by atoms with Crippen LogP contribution in [0.3, 0.4) is 0 Å². The number of hydrogen-bond donors (Lipinski definition) is 1. The Morgan fingerprint density at radius 2 is 1.78 bits per heavy atom. The molecule has 0 aromatic heterocycles. The van der Waals surface area contributed by atoms with Crippen LogP contribution >= 0.6 is 0 Å². The van der Waals surface area contributed by atoms with E-state index in [0.717, 1.165) is 6.04 Å². The molecular formula is C15H31NO6Si. The van der Waals surface area contributed by atoms with Crippen LogP contribution in [0, 0.1) is 0 Å². The van der Waals surface area contributed by atoms with Gasteiger partial charge in [-0.05, 0) is 26.8 Å². The molecule has 7 nitrogen and oxygen atoms in total. The average molecular weight is 350 g/mol. The van der Waals surface area contributed by atoms with E-state index in [4.69, 9.17) is 14.3 Å². The van der Waals surface area contributed by atoms with Crippen LogP contribution < -0.4 is 5.48 Å². The Balaban J connectivity index is 4.27. The Bertz CT molecular complexity index is 375. The third kappa shape index (κ3) is 13.2. The van der Waals surface area contributed by atoms with Gasteiger partial charge >= 0.3 is 11.9 Å². The van der Waals surface area contributed by atoms with Crippen LogP contribution in [-0.4, -0.2) is 52.2 Å². The number of carbonyl (C=O) groups is 2. The molecule has 0 saturated heterocycles. The minimum absolute atomic E-state index is 0.00898. The van der Waals surface area contributed by atoms with E-state index in [2.05, 4.69) is 29.9 Å². The van der Waals surface area contributed by atoms with Gasteiger partial charge in [-0.2, -0.15) is 5.48 Å². The smallest absolute Gasteiger partial charge is 0.326 e. The Hall–Kier alpha value is -0.963. The van der Waals surface area contributed by atoms with Gasteiger partial charge in [0.15, 0.2) is 6.79 Å². The molecule has 0 unspecified atom stereocenters. The highest BCUT2D eigenvalue weighted by atomic mass is 28.3. The molecular weight excluding hydrogens is 318 g/mol. The molecule has 0 aliphatic heterocycles. The van der Waals surface area contributed by atoms with Crippen molar-refractivity contribution in [1.82, 2.24) is 5.48 Å². The summed E-state index contributed by atoms with van der Waals surface area (Å²) in [5, 5.41) is 0. The molecule has 0 amide bonds. The third-order valence-corrected chi connectivity index (χ3v) is 4.36. The quantitative estimate of drug-likeness (QED) is 0.213. The van der Waals surface area contributed by atoms with Gasteiger partial charge in [-0.15, -0.1) is 0 Å². The molecule has 0 aromatic rings. The molecule has 0 saturated carbocycles. The zero-order valence-corrected chi connectivity index (χ0v) is 16.4. The van der Waals surface area contributed by atoms with Crippen molar-refractivity contribution in [1.29, 1.82) is 0 Å². The fourth-order valence-electron chi connectivity index (χ4n) is 1.41. The topological polar surface area (TPSA) is 83.1 Å². The second-order valence-electron chi connectivity index (χ2n) is 7.47. The Kier molecular flexibility index (Phi) is 9.60. The first kappa shape index (κ1) is 22.0. The number of rotatable bonds is 10. The first-order valence-corrected chi connectivity index (χ1v) is 11.4. The first-order chi connectivity index (χ1) is 10.4. The van der Waals surface area contributed by atoms with E-state index in [9.17, 15) is 9.59 Å². The highest BCUT2D eigenvalue weighted by molar-refractivity contribution is 6.76. The molecule has 0 aromatic carbocycles. The monoisotopic (exact) mass is 349 g/mol. The van der Waals surface area contributed by atoms with Crippen molar-refractivity contribution >= 4 is 20.0 Å². The second-order valence-corrected chi connectivity index (χ2v) is 13.1. The molecule has 1 atom stereocenters. The van der Waals surface area contributed by atoms with Crippen molar-refractivity contribution in [3.05, 3.63) is 0 Å². The van der Waals surface area contributed by atoms with E-state index in [-0.39, 0.29) is 13.2 Å². The fourth-order valence-corrected chi connectivity index (χ4v) is 2.17. The van der Waals surface area contributed by atoms with Gasteiger partial charge in [-0.1, -0.05) is 19.6 Å².